The Labute approximate surface area is 166 Å². The van der Waals surface area contributed by atoms with Gasteiger partial charge >= 0.3 is 12.1 Å². The number of amides is 1. The molecule has 2 aliphatic rings. The molecule has 8 heteroatoms. The maximum Gasteiger partial charge on any atom is 0.410 e. The number of esters is 1. The van der Waals surface area contributed by atoms with Crippen molar-refractivity contribution in [2.45, 2.75) is 38.8 Å². The fourth-order valence-electron chi connectivity index (χ4n) is 3.74. The Bertz CT molecular complexity index is 681. The molecule has 28 heavy (non-hydrogen) atoms. The van der Waals surface area contributed by atoms with Crippen molar-refractivity contribution in [2.24, 2.45) is 0 Å². The fourth-order valence-corrected chi connectivity index (χ4v) is 3.74. The zero-order chi connectivity index (χ0) is 20.1. The minimum atomic E-state index is -0.391. The molecule has 1 aromatic rings. The summed E-state index contributed by atoms with van der Waals surface area (Å²) in [5.41, 5.74) is 0.462. The standard InChI is InChI=1S/C20H30N4O4/c1-15(2)22-11-13-24(14-12-22)20(26)28-16-6-9-23(10-7-16)18-17(19(25)27-3)5-4-8-21-18/h4-5,8,15-16H,6-7,9-14H2,1-3H3. The van der Waals surface area contributed by atoms with Gasteiger partial charge in [-0.1, -0.05) is 0 Å². The lowest BCUT2D eigenvalue weighted by atomic mass is 10.1. The van der Waals surface area contributed by atoms with Crippen LogP contribution < -0.4 is 4.90 Å². The second-order valence-corrected chi connectivity index (χ2v) is 7.55. The molecular weight excluding hydrogens is 360 g/mol. The van der Waals surface area contributed by atoms with E-state index in [2.05, 4.69) is 28.6 Å². The van der Waals surface area contributed by atoms with Crippen LogP contribution in [-0.2, 0) is 9.47 Å². The predicted octanol–water partition coefficient (Wildman–Crippen LogP) is 2.00. The molecule has 2 aliphatic heterocycles. The van der Waals surface area contributed by atoms with Gasteiger partial charge in [-0.2, -0.15) is 0 Å². The minimum absolute atomic E-state index is 0.0998. The van der Waals surface area contributed by atoms with Crippen molar-refractivity contribution in [1.29, 1.82) is 0 Å². The van der Waals surface area contributed by atoms with Crippen LogP contribution in [0.4, 0.5) is 10.6 Å². The van der Waals surface area contributed by atoms with E-state index >= 15 is 0 Å². The lowest BCUT2D eigenvalue weighted by Gasteiger charge is -2.38. The molecule has 1 amide bonds. The van der Waals surface area contributed by atoms with E-state index in [9.17, 15) is 9.59 Å². The van der Waals surface area contributed by atoms with Gasteiger partial charge in [-0.15, -0.1) is 0 Å². The van der Waals surface area contributed by atoms with Gasteiger partial charge < -0.3 is 19.3 Å². The van der Waals surface area contributed by atoms with E-state index in [0.717, 1.165) is 25.9 Å². The fraction of sp³-hybridized carbons (Fsp3) is 0.650. The maximum absolute atomic E-state index is 12.5. The molecule has 0 spiro atoms. The zero-order valence-corrected chi connectivity index (χ0v) is 17.0. The number of piperazine rings is 1. The van der Waals surface area contributed by atoms with Crippen LogP contribution in [0.1, 0.15) is 37.0 Å². The summed E-state index contributed by atoms with van der Waals surface area (Å²) in [4.78, 5) is 35.0. The maximum atomic E-state index is 12.5. The number of ether oxygens (including phenoxy) is 2. The molecule has 0 bridgehead atoms. The molecule has 0 aliphatic carbocycles. The molecule has 154 valence electrons. The number of rotatable bonds is 4. The van der Waals surface area contributed by atoms with Crippen molar-refractivity contribution >= 4 is 17.9 Å². The van der Waals surface area contributed by atoms with Crippen LogP contribution in [0.15, 0.2) is 18.3 Å². The second kappa shape index (κ2) is 9.23. The Hall–Kier alpha value is -2.35. The molecule has 2 fully saturated rings. The van der Waals surface area contributed by atoms with Gasteiger partial charge in [0, 0.05) is 64.3 Å². The van der Waals surface area contributed by atoms with E-state index in [1.165, 1.54) is 7.11 Å². The number of anilines is 1. The van der Waals surface area contributed by atoms with E-state index in [-0.39, 0.29) is 12.2 Å². The Morgan fingerprint density at radius 3 is 2.39 bits per heavy atom. The van der Waals surface area contributed by atoms with Gasteiger partial charge in [0.05, 0.1) is 7.11 Å². The molecule has 0 saturated carbocycles. The van der Waals surface area contributed by atoms with E-state index in [1.54, 1.807) is 23.2 Å². The van der Waals surface area contributed by atoms with E-state index in [0.29, 0.717) is 43.6 Å². The van der Waals surface area contributed by atoms with Gasteiger partial charge in [0.25, 0.3) is 0 Å². The molecular formula is C20H30N4O4. The summed E-state index contributed by atoms with van der Waals surface area (Å²) in [6.07, 6.45) is 2.79. The van der Waals surface area contributed by atoms with Crippen LogP contribution in [0.5, 0.6) is 0 Å². The lowest BCUT2D eigenvalue weighted by Crippen LogP contribution is -2.51. The van der Waals surface area contributed by atoms with Crippen molar-refractivity contribution in [2.75, 3.05) is 51.3 Å². The molecule has 0 N–H and O–H groups in total. The summed E-state index contributed by atoms with van der Waals surface area (Å²) in [6, 6.07) is 3.95. The first-order valence-corrected chi connectivity index (χ1v) is 9.97. The topological polar surface area (TPSA) is 75.2 Å². The molecule has 3 heterocycles. The van der Waals surface area contributed by atoms with Crippen LogP contribution in [0, 0.1) is 0 Å². The van der Waals surface area contributed by atoms with Crippen LogP contribution in [0.3, 0.4) is 0 Å². The lowest BCUT2D eigenvalue weighted by molar-refractivity contribution is 0.0337. The number of methoxy groups -OCH3 is 1. The second-order valence-electron chi connectivity index (χ2n) is 7.55. The van der Waals surface area contributed by atoms with Gasteiger partial charge in [0.1, 0.15) is 17.5 Å². The average molecular weight is 390 g/mol. The van der Waals surface area contributed by atoms with Gasteiger partial charge in [-0.3, -0.25) is 4.90 Å². The van der Waals surface area contributed by atoms with E-state index in [4.69, 9.17) is 9.47 Å². The highest BCUT2D eigenvalue weighted by atomic mass is 16.6. The van der Waals surface area contributed by atoms with Crippen LogP contribution in [-0.4, -0.2) is 85.4 Å². The van der Waals surface area contributed by atoms with Crippen molar-refractivity contribution in [1.82, 2.24) is 14.8 Å². The van der Waals surface area contributed by atoms with E-state index < -0.39 is 5.97 Å². The third-order valence-electron chi connectivity index (χ3n) is 5.50. The molecule has 0 aromatic carbocycles. The smallest absolute Gasteiger partial charge is 0.410 e. The van der Waals surface area contributed by atoms with Crippen molar-refractivity contribution in [3.63, 3.8) is 0 Å². The number of nitrogens with zero attached hydrogens (tertiary/aromatic N) is 4. The number of carbonyl (C=O) groups is 2. The first kappa shape index (κ1) is 20.4. The molecule has 3 rings (SSSR count). The van der Waals surface area contributed by atoms with Crippen molar-refractivity contribution in [3.05, 3.63) is 23.9 Å². The number of aromatic nitrogens is 1. The predicted molar refractivity (Wildman–Crippen MR) is 106 cm³/mol. The summed E-state index contributed by atoms with van der Waals surface area (Å²) >= 11 is 0. The highest BCUT2D eigenvalue weighted by Crippen LogP contribution is 2.24. The Balaban J connectivity index is 1.50. The molecule has 0 unspecified atom stereocenters. The number of pyridine rings is 1. The van der Waals surface area contributed by atoms with Gasteiger partial charge in [-0.05, 0) is 26.0 Å². The Kier molecular flexibility index (Phi) is 6.72. The first-order valence-electron chi connectivity index (χ1n) is 9.97. The van der Waals surface area contributed by atoms with Crippen LogP contribution in [0.2, 0.25) is 0 Å². The summed E-state index contributed by atoms with van der Waals surface area (Å²) < 4.78 is 10.6. The quantitative estimate of drug-likeness (QED) is 0.728. The number of hydrogen-bond donors (Lipinski definition) is 0. The molecule has 2 saturated heterocycles. The third kappa shape index (κ3) is 4.73. The summed E-state index contributed by atoms with van der Waals surface area (Å²) in [5, 5.41) is 0. The Morgan fingerprint density at radius 1 is 1.11 bits per heavy atom. The number of carbonyl (C=O) groups excluding carboxylic acids is 2. The normalized spacial score (nSPS) is 19.0. The van der Waals surface area contributed by atoms with Crippen molar-refractivity contribution in [3.8, 4) is 0 Å². The molecule has 8 nitrogen and oxygen atoms in total. The van der Waals surface area contributed by atoms with Gasteiger partial charge in [0.15, 0.2) is 0 Å². The number of piperidine rings is 1. The average Bonchev–Trinajstić information content (AvgIpc) is 2.73. The molecule has 1 aromatic heterocycles. The third-order valence-corrected chi connectivity index (χ3v) is 5.50. The molecule has 0 radical (unpaired) electrons. The Morgan fingerprint density at radius 2 is 1.79 bits per heavy atom. The largest absolute Gasteiger partial charge is 0.465 e. The van der Waals surface area contributed by atoms with Gasteiger partial charge in [0.2, 0.25) is 0 Å². The monoisotopic (exact) mass is 390 g/mol. The SMILES string of the molecule is COC(=O)c1cccnc1N1CCC(OC(=O)N2CCN(C(C)C)CC2)CC1. The zero-order valence-electron chi connectivity index (χ0n) is 17.0. The summed E-state index contributed by atoms with van der Waals surface area (Å²) in [6.45, 7) is 8.92. The molecule has 0 atom stereocenters. The summed E-state index contributed by atoms with van der Waals surface area (Å²) in [5.74, 6) is 0.237. The van der Waals surface area contributed by atoms with E-state index in [1.807, 2.05) is 0 Å². The van der Waals surface area contributed by atoms with Gasteiger partial charge in [-0.25, -0.2) is 14.6 Å². The highest BCUT2D eigenvalue weighted by Gasteiger charge is 2.29. The number of hydrogen-bond acceptors (Lipinski definition) is 7. The van der Waals surface area contributed by atoms with Crippen LogP contribution in [0.25, 0.3) is 0 Å². The highest BCUT2D eigenvalue weighted by molar-refractivity contribution is 5.94. The minimum Gasteiger partial charge on any atom is -0.465 e. The van der Waals surface area contributed by atoms with Crippen molar-refractivity contribution < 1.29 is 19.1 Å². The summed E-state index contributed by atoms with van der Waals surface area (Å²) in [7, 11) is 1.37. The first-order chi connectivity index (χ1) is 13.5. The van der Waals surface area contributed by atoms with Crippen LogP contribution >= 0.6 is 0 Å².